The molecule has 5 atom stereocenters. The summed E-state index contributed by atoms with van der Waals surface area (Å²) in [6, 6.07) is 9.38. The average molecular weight is 378 g/mol. The third-order valence-electron chi connectivity index (χ3n) is 7.12. The van der Waals surface area contributed by atoms with Gasteiger partial charge in [-0.1, -0.05) is 44.2 Å². The second-order valence-corrected chi connectivity index (χ2v) is 8.83. The molecule has 5 rings (SSSR count). The van der Waals surface area contributed by atoms with Crippen molar-refractivity contribution in [1.82, 2.24) is 0 Å². The van der Waals surface area contributed by atoms with Gasteiger partial charge in [-0.05, 0) is 43.4 Å². The number of Topliss-reactive ketones (excluding diaryl/α,β-unsaturated/α-hetero) is 1. The molecule has 1 saturated heterocycles. The maximum Gasteiger partial charge on any atom is 0.475 e. The fourth-order valence-corrected chi connectivity index (χ4v) is 5.28. The lowest BCUT2D eigenvalue weighted by molar-refractivity contribution is -0.199. The minimum absolute atomic E-state index is 0. The first kappa shape index (κ1) is 19.9. The zero-order chi connectivity index (χ0) is 17.8. The molecule has 4 aliphatic rings. The quantitative estimate of drug-likeness (QED) is 0.628. The molecule has 26 heavy (non-hydrogen) atoms. The molecule has 1 aliphatic heterocycles. The molecule has 6 heteroatoms. The number of rotatable bonds is 5. The van der Waals surface area contributed by atoms with Gasteiger partial charge in [-0.15, -0.1) is 12.4 Å². The fourth-order valence-electron chi connectivity index (χ4n) is 5.28. The maximum absolute atomic E-state index is 12.3. The molecule has 0 unspecified atom stereocenters. The highest BCUT2D eigenvalue weighted by atomic mass is 35.5. The molecule has 3 saturated carbocycles. The van der Waals surface area contributed by atoms with Crippen LogP contribution in [0.15, 0.2) is 30.3 Å². The molecule has 0 spiro atoms. The van der Waals surface area contributed by atoms with E-state index in [4.69, 9.17) is 15.0 Å². The van der Waals surface area contributed by atoms with Gasteiger partial charge in [-0.25, -0.2) is 0 Å². The van der Waals surface area contributed by atoms with Gasteiger partial charge in [0.2, 0.25) is 0 Å². The van der Waals surface area contributed by atoms with Crippen LogP contribution in [0.1, 0.15) is 56.8 Å². The number of hydrogen-bond acceptors (Lipinski definition) is 4. The summed E-state index contributed by atoms with van der Waals surface area (Å²) in [5.74, 6) is 1.12. The number of hydrogen-bond donors (Lipinski definition) is 1. The Kier molecular flexibility index (Phi) is 5.30. The minimum atomic E-state index is -0.395. The van der Waals surface area contributed by atoms with E-state index in [1.165, 1.54) is 6.42 Å². The lowest BCUT2D eigenvalue weighted by Crippen LogP contribution is -2.65. The van der Waals surface area contributed by atoms with Crippen molar-refractivity contribution < 1.29 is 14.1 Å². The summed E-state index contributed by atoms with van der Waals surface area (Å²) < 4.78 is 12.6. The highest BCUT2D eigenvalue weighted by Gasteiger charge is 2.68. The number of ketones is 1. The normalized spacial score (nSPS) is 35.1. The fraction of sp³-hybridized carbons (Fsp3) is 0.650. The molecule has 0 radical (unpaired) electrons. The van der Waals surface area contributed by atoms with Gasteiger partial charge >= 0.3 is 7.12 Å². The van der Waals surface area contributed by atoms with Crippen molar-refractivity contribution in [2.45, 2.75) is 64.1 Å². The zero-order valence-electron chi connectivity index (χ0n) is 15.8. The summed E-state index contributed by atoms with van der Waals surface area (Å²) >= 11 is 0. The number of carbonyl (C=O) groups excluding carboxylic acids is 1. The average Bonchev–Trinajstić information content (AvgIpc) is 2.97. The molecule has 1 heterocycles. The monoisotopic (exact) mass is 377 g/mol. The van der Waals surface area contributed by atoms with Crippen LogP contribution in [0.25, 0.3) is 0 Å². The lowest BCUT2D eigenvalue weighted by Gasteiger charge is -2.64. The summed E-state index contributed by atoms with van der Waals surface area (Å²) in [6.45, 7) is 6.90. The van der Waals surface area contributed by atoms with Gasteiger partial charge < -0.3 is 15.0 Å². The van der Waals surface area contributed by atoms with Gasteiger partial charge in [0.05, 0.1) is 11.7 Å². The van der Waals surface area contributed by atoms with Crippen molar-refractivity contribution in [1.29, 1.82) is 0 Å². The molecule has 2 N–H and O–H groups in total. The molecule has 3 aliphatic carbocycles. The van der Waals surface area contributed by atoms with Crippen LogP contribution in [0, 0.1) is 17.3 Å². The molecular formula is C20H29BClNO3. The zero-order valence-corrected chi connectivity index (χ0v) is 16.6. The molecule has 2 bridgehead atoms. The van der Waals surface area contributed by atoms with Crippen LogP contribution in [0.5, 0.6) is 0 Å². The van der Waals surface area contributed by atoms with Crippen molar-refractivity contribution >= 4 is 25.3 Å². The van der Waals surface area contributed by atoms with Crippen LogP contribution in [0.3, 0.4) is 0 Å². The molecule has 1 aromatic rings. The summed E-state index contributed by atoms with van der Waals surface area (Å²) in [5, 5.41) is 0. The Morgan fingerprint density at radius 1 is 1.27 bits per heavy atom. The molecular weight excluding hydrogens is 348 g/mol. The molecule has 0 aromatic heterocycles. The Labute approximate surface area is 162 Å². The van der Waals surface area contributed by atoms with Gasteiger partial charge in [0, 0.05) is 17.9 Å². The molecule has 1 aromatic carbocycles. The Hall–Kier alpha value is -0.875. The second kappa shape index (κ2) is 6.94. The Morgan fingerprint density at radius 2 is 1.96 bits per heavy atom. The predicted octanol–water partition coefficient (Wildman–Crippen LogP) is 3.67. The van der Waals surface area contributed by atoms with E-state index in [2.05, 4.69) is 20.8 Å². The smallest absolute Gasteiger partial charge is 0.404 e. The van der Waals surface area contributed by atoms with Crippen LogP contribution < -0.4 is 5.73 Å². The first-order valence-electron chi connectivity index (χ1n) is 9.49. The number of benzene rings is 1. The number of nitrogens with two attached hydrogens (primary N) is 1. The van der Waals surface area contributed by atoms with Crippen molar-refractivity contribution in [3.63, 3.8) is 0 Å². The van der Waals surface area contributed by atoms with E-state index in [1.54, 1.807) is 0 Å². The van der Waals surface area contributed by atoms with Gasteiger partial charge in [0.1, 0.15) is 0 Å². The number of halogens is 1. The largest absolute Gasteiger partial charge is 0.475 e. The predicted molar refractivity (Wildman–Crippen MR) is 105 cm³/mol. The maximum atomic E-state index is 12.3. The minimum Gasteiger partial charge on any atom is -0.404 e. The van der Waals surface area contributed by atoms with E-state index < -0.39 is 7.12 Å². The van der Waals surface area contributed by atoms with E-state index in [1.807, 2.05) is 30.3 Å². The van der Waals surface area contributed by atoms with Crippen LogP contribution in [-0.2, 0) is 9.31 Å². The highest BCUT2D eigenvalue weighted by molar-refractivity contribution is 6.47. The summed E-state index contributed by atoms with van der Waals surface area (Å²) in [7, 11) is -0.395. The topological polar surface area (TPSA) is 61.5 Å². The number of carbonyl (C=O) groups is 1. The summed E-state index contributed by atoms with van der Waals surface area (Å²) in [6.07, 6.45) is 3.45. The van der Waals surface area contributed by atoms with Crippen LogP contribution in [0.2, 0.25) is 0 Å². The highest BCUT2D eigenvalue weighted by Crippen LogP contribution is 2.65. The SMILES string of the molecule is CC1(C)[C@@H]2C[C@H]3OB([C@@H](N)CCC(=O)c4ccccc4)O[C@@]3(C)[C@H]1C2.Cl. The first-order chi connectivity index (χ1) is 11.8. The van der Waals surface area contributed by atoms with Gasteiger partial charge in [0.25, 0.3) is 0 Å². The van der Waals surface area contributed by atoms with Crippen LogP contribution >= 0.6 is 12.4 Å². The summed E-state index contributed by atoms with van der Waals surface area (Å²) in [4.78, 5) is 12.3. The Bertz CT molecular complexity index is 670. The van der Waals surface area contributed by atoms with E-state index in [0.717, 1.165) is 17.9 Å². The Balaban J connectivity index is 0.00000196. The van der Waals surface area contributed by atoms with E-state index >= 15 is 0 Å². The van der Waals surface area contributed by atoms with Crippen molar-refractivity contribution in [2.75, 3.05) is 0 Å². The molecule has 4 fully saturated rings. The van der Waals surface area contributed by atoms with Gasteiger partial charge in [-0.3, -0.25) is 4.79 Å². The van der Waals surface area contributed by atoms with Crippen LogP contribution in [0.4, 0.5) is 0 Å². The third kappa shape index (κ3) is 3.03. The lowest BCUT2D eigenvalue weighted by atomic mass is 9.43. The van der Waals surface area contributed by atoms with E-state index in [0.29, 0.717) is 24.2 Å². The Morgan fingerprint density at radius 3 is 2.62 bits per heavy atom. The second-order valence-electron chi connectivity index (χ2n) is 8.83. The van der Waals surface area contributed by atoms with Crippen LogP contribution in [-0.4, -0.2) is 30.5 Å². The summed E-state index contributed by atoms with van der Waals surface area (Å²) in [5.41, 5.74) is 7.18. The molecule has 4 nitrogen and oxygen atoms in total. The molecule has 0 amide bonds. The van der Waals surface area contributed by atoms with E-state index in [-0.39, 0.29) is 35.8 Å². The molecule has 142 valence electrons. The standard InChI is InChI=1S/C20H28BNO3.ClH/c1-19(2)14-11-16(19)20(3)17(12-14)24-21(25-20)18(22)10-9-15(23)13-7-5-4-6-8-13;/h4-8,14,16-18H,9-12,22H2,1-3H3;1H/t14-,16-,17+,18-,20-;/m0./s1. The van der Waals surface area contributed by atoms with Crippen molar-refractivity contribution in [3.05, 3.63) is 35.9 Å². The van der Waals surface area contributed by atoms with E-state index in [9.17, 15) is 4.79 Å². The van der Waals surface area contributed by atoms with Crippen molar-refractivity contribution in [3.8, 4) is 0 Å². The third-order valence-corrected chi connectivity index (χ3v) is 7.12. The van der Waals surface area contributed by atoms with Gasteiger partial charge in [0.15, 0.2) is 5.78 Å². The van der Waals surface area contributed by atoms with Crippen molar-refractivity contribution in [2.24, 2.45) is 23.0 Å². The van der Waals surface area contributed by atoms with Gasteiger partial charge in [-0.2, -0.15) is 0 Å². The first-order valence-corrected chi connectivity index (χ1v) is 9.49.